The summed E-state index contributed by atoms with van der Waals surface area (Å²) in [6.45, 7) is 3.56. The lowest BCUT2D eigenvalue weighted by molar-refractivity contribution is -0.141. The number of carbonyl (C=O) groups is 1. The summed E-state index contributed by atoms with van der Waals surface area (Å²) in [6.07, 6.45) is 0.718. The molecule has 0 bridgehead atoms. The largest absolute Gasteiger partial charge is 0.493 e. The van der Waals surface area contributed by atoms with Crippen molar-refractivity contribution in [1.82, 2.24) is 0 Å². The van der Waals surface area contributed by atoms with Crippen molar-refractivity contribution in [3.63, 3.8) is 0 Å². The molecule has 5 heteroatoms. The summed E-state index contributed by atoms with van der Waals surface area (Å²) in [7, 11) is 1.54. The maximum atomic E-state index is 9.93. The molecule has 0 spiro atoms. The molecule has 0 amide bonds. The Bertz CT molecular complexity index is 349. The van der Waals surface area contributed by atoms with E-state index in [0.717, 1.165) is 6.42 Å². The number of aliphatic carboxylic acids is 1. The maximum Gasteiger partial charge on any atom is 0.306 e. The molecule has 0 aliphatic carbocycles. The van der Waals surface area contributed by atoms with E-state index >= 15 is 0 Å². The van der Waals surface area contributed by atoms with E-state index in [-0.39, 0.29) is 5.92 Å². The van der Waals surface area contributed by atoms with Crippen molar-refractivity contribution in [2.45, 2.75) is 20.3 Å². The summed E-state index contributed by atoms with van der Waals surface area (Å²) < 4.78 is 4.92. The lowest BCUT2D eigenvalue weighted by Crippen LogP contribution is -2.06. The van der Waals surface area contributed by atoms with Gasteiger partial charge in [-0.25, -0.2) is 0 Å². The molecule has 0 aliphatic rings. The van der Waals surface area contributed by atoms with E-state index in [9.17, 15) is 4.79 Å². The molecule has 1 atom stereocenters. The van der Waals surface area contributed by atoms with Crippen LogP contribution in [-0.2, 0) is 4.79 Å². The monoisotopic (exact) mass is 259 g/mol. The number of carboxylic acid groups (broad SMARTS) is 1. The number of carboxylic acids is 1. The van der Waals surface area contributed by atoms with Gasteiger partial charge in [-0.3, -0.25) is 4.79 Å². The van der Waals surface area contributed by atoms with Gasteiger partial charge >= 0.3 is 5.97 Å². The van der Waals surface area contributed by atoms with Gasteiger partial charge in [0.15, 0.2) is 5.75 Å². The molecule has 0 aromatic heterocycles. The molecule has 0 heterocycles. The van der Waals surface area contributed by atoms with Gasteiger partial charge in [-0.15, -0.1) is 0 Å². The highest BCUT2D eigenvalue weighted by Gasteiger charge is 2.05. The molecule has 0 radical (unpaired) electrons. The minimum atomic E-state index is -0.706. The van der Waals surface area contributed by atoms with Crippen LogP contribution in [0.15, 0.2) is 18.2 Å². The Hall–Kier alpha value is -1.42. The van der Waals surface area contributed by atoms with Gasteiger partial charge in [-0.2, -0.15) is 0 Å². The van der Waals surface area contributed by atoms with Gasteiger partial charge in [0.1, 0.15) is 0 Å². The predicted molar refractivity (Wildman–Crippen MR) is 69.5 cm³/mol. The molecular formula is C12H18ClNO3. The molecule has 0 saturated heterocycles. The van der Waals surface area contributed by atoms with Crippen LogP contribution in [0.25, 0.3) is 0 Å². The normalized spacial score (nSPS) is 11.1. The van der Waals surface area contributed by atoms with Crippen molar-refractivity contribution in [3.05, 3.63) is 23.2 Å². The molecular weight excluding hydrogens is 242 g/mol. The van der Waals surface area contributed by atoms with E-state index in [1.165, 1.54) is 7.11 Å². The molecule has 1 rings (SSSR count). The first-order valence-electron chi connectivity index (χ1n) is 5.24. The number of methoxy groups -OCH3 is 1. The maximum absolute atomic E-state index is 9.93. The van der Waals surface area contributed by atoms with E-state index < -0.39 is 5.97 Å². The lowest BCUT2D eigenvalue weighted by atomic mass is 10.1. The Morgan fingerprint density at radius 1 is 1.59 bits per heavy atom. The summed E-state index contributed by atoms with van der Waals surface area (Å²) in [5.74, 6) is -0.341. The zero-order chi connectivity index (χ0) is 13.4. The van der Waals surface area contributed by atoms with Gasteiger partial charge in [0.25, 0.3) is 0 Å². The number of nitrogen functional groups attached to an aromatic ring is 1. The fourth-order valence-electron chi connectivity index (χ4n) is 0.915. The summed E-state index contributed by atoms with van der Waals surface area (Å²) in [6, 6.07) is 5.25. The second kappa shape index (κ2) is 7.79. The highest BCUT2D eigenvalue weighted by atomic mass is 35.5. The van der Waals surface area contributed by atoms with Crippen LogP contribution in [0.5, 0.6) is 5.75 Å². The van der Waals surface area contributed by atoms with Crippen molar-refractivity contribution in [2.75, 3.05) is 12.8 Å². The quantitative estimate of drug-likeness (QED) is 0.819. The van der Waals surface area contributed by atoms with E-state index in [2.05, 4.69) is 0 Å². The third kappa shape index (κ3) is 5.45. The lowest BCUT2D eigenvalue weighted by Gasteiger charge is -2.04. The molecule has 3 N–H and O–H groups in total. The topological polar surface area (TPSA) is 72.5 Å². The average Bonchev–Trinajstić information content (AvgIpc) is 2.29. The van der Waals surface area contributed by atoms with E-state index in [1.54, 1.807) is 25.1 Å². The number of anilines is 1. The first kappa shape index (κ1) is 15.6. The predicted octanol–water partition coefficient (Wildman–Crippen LogP) is 3.05. The fraction of sp³-hybridized carbons (Fsp3) is 0.417. The molecule has 0 saturated carbocycles. The van der Waals surface area contributed by atoms with Crippen molar-refractivity contribution >= 4 is 23.3 Å². The molecule has 1 unspecified atom stereocenters. The van der Waals surface area contributed by atoms with Crippen LogP contribution in [0.1, 0.15) is 20.3 Å². The molecule has 1 aromatic rings. The number of halogens is 1. The second-order valence-electron chi connectivity index (χ2n) is 3.51. The zero-order valence-corrected chi connectivity index (χ0v) is 11.0. The molecule has 17 heavy (non-hydrogen) atoms. The molecule has 0 aliphatic heterocycles. The number of para-hydroxylation sites is 1. The van der Waals surface area contributed by atoms with Crippen LogP contribution < -0.4 is 10.5 Å². The third-order valence-corrected chi connectivity index (χ3v) is 2.53. The van der Waals surface area contributed by atoms with Gasteiger partial charge < -0.3 is 15.6 Å². The highest BCUT2D eigenvalue weighted by molar-refractivity contribution is 6.32. The number of ether oxygens (including phenoxy) is 1. The van der Waals surface area contributed by atoms with E-state index in [4.69, 9.17) is 27.2 Å². The minimum Gasteiger partial charge on any atom is -0.493 e. The van der Waals surface area contributed by atoms with Crippen LogP contribution in [-0.4, -0.2) is 18.2 Å². The molecule has 1 aromatic carbocycles. The van der Waals surface area contributed by atoms with Gasteiger partial charge in [-0.1, -0.05) is 31.5 Å². The van der Waals surface area contributed by atoms with Gasteiger partial charge in [-0.05, 0) is 18.6 Å². The van der Waals surface area contributed by atoms with Crippen LogP contribution in [0.2, 0.25) is 5.02 Å². The Morgan fingerprint density at radius 2 is 2.18 bits per heavy atom. The van der Waals surface area contributed by atoms with Crippen LogP contribution >= 0.6 is 11.6 Å². The summed E-state index contributed by atoms with van der Waals surface area (Å²) in [4.78, 5) is 9.93. The zero-order valence-electron chi connectivity index (χ0n) is 10.2. The van der Waals surface area contributed by atoms with E-state index in [1.807, 2.05) is 6.92 Å². The average molecular weight is 260 g/mol. The van der Waals surface area contributed by atoms with Crippen LogP contribution in [0.3, 0.4) is 0 Å². The van der Waals surface area contributed by atoms with Gasteiger partial charge in [0, 0.05) is 0 Å². The highest BCUT2D eigenvalue weighted by Crippen LogP contribution is 2.29. The van der Waals surface area contributed by atoms with Crippen molar-refractivity contribution in [2.24, 2.45) is 5.92 Å². The van der Waals surface area contributed by atoms with Gasteiger partial charge in [0.2, 0.25) is 0 Å². The number of hydrogen-bond acceptors (Lipinski definition) is 3. The van der Waals surface area contributed by atoms with Crippen LogP contribution in [0, 0.1) is 5.92 Å². The summed E-state index contributed by atoms with van der Waals surface area (Å²) in [5, 5.41) is 8.73. The summed E-state index contributed by atoms with van der Waals surface area (Å²) >= 11 is 5.72. The fourth-order valence-corrected chi connectivity index (χ4v) is 1.17. The summed E-state index contributed by atoms with van der Waals surface area (Å²) in [5.41, 5.74) is 6.09. The first-order valence-corrected chi connectivity index (χ1v) is 5.62. The van der Waals surface area contributed by atoms with E-state index in [0.29, 0.717) is 16.5 Å². The molecule has 4 nitrogen and oxygen atoms in total. The second-order valence-corrected chi connectivity index (χ2v) is 3.92. The molecule has 96 valence electrons. The SMILES string of the molecule is CCC(C)C(=O)O.COc1c(N)cccc1Cl. The number of benzene rings is 1. The van der Waals surface area contributed by atoms with Gasteiger partial charge in [0.05, 0.1) is 23.7 Å². The van der Waals surface area contributed by atoms with Crippen molar-refractivity contribution in [3.8, 4) is 5.75 Å². The first-order chi connectivity index (χ1) is 7.93. The number of nitrogens with two attached hydrogens (primary N) is 1. The Kier molecular flexibility index (Phi) is 7.14. The Morgan fingerprint density at radius 3 is 2.41 bits per heavy atom. The third-order valence-electron chi connectivity index (χ3n) is 2.24. The van der Waals surface area contributed by atoms with Crippen LogP contribution in [0.4, 0.5) is 5.69 Å². The smallest absolute Gasteiger partial charge is 0.306 e. The standard InChI is InChI=1S/C7H8ClNO.C5H10O2/c1-10-7-5(8)3-2-4-6(7)9;1-3-4(2)5(6)7/h2-4H,9H2,1H3;4H,3H2,1-2H3,(H,6,7). The Balaban J connectivity index is 0.000000325. The molecule has 0 fully saturated rings. The number of rotatable bonds is 3. The van der Waals surface area contributed by atoms with Crippen molar-refractivity contribution < 1.29 is 14.6 Å². The van der Waals surface area contributed by atoms with Crippen molar-refractivity contribution in [1.29, 1.82) is 0 Å². The number of hydrogen-bond donors (Lipinski definition) is 2. The minimum absolute atomic E-state index is 0.181. The Labute approximate surface area is 106 Å².